The molecular weight excluding hydrogens is 260 g/mol. The molecule has 2 aromatic rings. The largest absolute Gasteiger partial charge is 0.512 e. The van der Waals surface area contributed by atoms with Crippen LogP contribution in [0, 0.1) is 0 Å². The molecule has 1 aromatic heterocycles. The summed E-state index contributed by atoms with van der Waals surface area (Å²) in [6.07, 6.45) is 2.62. The van der Waals surface area contributed by atoms with Gasteiger partial charge in [-0.2, -0.15) is 0 Å². The highest BCUT2D eigenvalue weighted by molar-refractivity contribution is 6.10. The number of hydrogen-bond donors (Lipinski definition) is 1. The zero-order valence-corrected chi connectivity index (χ0v) is 11.2. The third-order valence-corrected chi connectivity index (χ3v) is 2.54. The van der Waals surface area contributed by atoms with Gasteiger partial charge in [-0.25, -0.2) is 9.78 Å². The molecular formula is C14H14N2O4. The minimum Gasteiger partial charge on any atom is -0.512 e. The molecule has 0 atom stereocenters. The number of hydrogen-bond acceptors (Lipinski definition) is 6. The number of aliphatic imine (C=N–C) groups is 1. The molecule has 2 rings (SSSR count). The van der Waals surface area contributed by atoms with Gasteiger partial charge in [-0.05, 0) is 26.0 Å². The fraction of sp³-hybridized carbons (Fsp3) is 0.214. The number of carbonyl (C=O) groups is 1. The normalized spacial score (nSPS) is 12.7. The average molecular weight is 274 g/mol. The predicted octanol–water partition coefficient (Wildman–Crippen LogP) is 2.93. The number of aliphatic hydroxyl groups excluding tert-OH is 1. The summed E-state index contributed by atoms with van der Waals surface area (Å²) < 4.78 is 10.00. The van der Waals surface area contributed by atoms with Crippen molar-refractivity contribution in [3.8, 4) is 0 Å². The van der Waals surface area contributed by atoms with E-state index >= 15 is 0 Å². The third-order valence-electron chi connectivity index (χ3n) is 2.54. The molecule has 6 nitrogen and oxygen atoms in total. The molecule has 104 valence electrons. The third kappa shape index (κ3) is 3.03. The molecule has 0 unspecified atom stereocenters. The van der Waals surface area contributed by atoms with E-state index in [1.54, 1.807) is 25.1 Å². The second kappa shape index (κ2) is 6.01. The summed E-state index contributed by atoms with van der Waals surface area (Å²) in [5.41, 5.74) is 1.92. The summed E-state index contributed by atoms with van der Waals surface area (Å²) in [5.74, 6) is -0.759. The van der Waals surface area contributed by atoms with Crippen molar-refractivity contribution in [1.29, 1.82) is 0 Å². The molecule has 1 aromatic carbocycles. The number of esters is 1. The Morgan fingerprint density at radius 3 is 3.05 bits per heavy atom. The van der Waals surface area contributed by atoms with Crippen molar-refractivity contribution in [3.05, 3.63) is 35.9 Å². The van der Waals surface area contributed by atoms with Crippen LogP contribution in [0.15, 0.2) is 45.3 Å². The Kier molecular flexibility index (Phi) is 4.14. The Labute approximate surface area is 115 Å². The number of rotatable bonds is 4. The molecule has 0 saturated carbocycles. The summed E-state index contributed by atoms with van der Waals surface area (Å²) >= 11 is 0. The SMILES string of the molecule is CCOC(=O)/C(C=Nc1ccc2ncoc2c1)=C(\C)O. The van der Waals surface area contributed by atoms with Crippen molar-refractivity contribution in [2.45, 2.75) is 13.8 Å². The minimum absolute atomic E-state index is 0.0181. The number of aliphatic hydroxyl groups is 1. The lowest BCUT2D eigenvalue weighted by Gasteiger charge is -2.03. The number of carbonyl (C=O) groups excluding carboxylic acids is 1. The van der Waals surface area contributed by atoms with Gasteiger partial charge in [-0.1, -0.05) is 0 Å². The van der Waals surface area contributed by atoms with Gasteiger partial charge in [0.2, 0.25) is 0 Å². The van der Waals surface area contributed by atoms with Crippen molar-refractivity contribution in [2.24, 2.45) is 4.99 Å². The minimum atomic E-state index is -0.614. The average Bonchev–Trinajstić information content (AvgIpc) is 2.86. The number of fused-ring (bicyclic) bond motifs is 1. The van der Waals surface area contributed by atoms with Crippen LogP contribution in [0.1, 0.15) is 13.8 Å². The van der Waals surface area contributed by atoms with Crippen molar-refractivity contribution in [2.75, 3.05) is 6.61 Å². The van der Waals surface area contributed by atoms with E-state index in [2.05, 4.69) is 9.98 Å². The Hall–Kier alpha value is -2.63. The fourth-order valence-electron chi connectivity index (χ4n) is 1.57. The quantitative estimate of drug-likeness (QED) is 0.401. The van der Waals surface area contributed by atoms with Gasteiger partial charge in [0.1, 0.15) is 16.8 Å². The smallest absolute Gasteiger partial charge is 0.343 e. The van der Waals surface area contributed by atoms with E-state index in [9.17, 15) is 9.90 Å². The fourth-order valence-corrected chi connectivity index (χ4v) is 1.57. The first kappa shape index (κ1) is 13.8. The first-order chi connectivity index (χ1) is 9.61. The van der Waals surface area contributed by atoms with Crippen LogP contribution >= 0.6 is 0 Å². The zero-order valence-electron chi connectivity index (χ0n) is 11.2. The zero-order chi connectivity index (χ0) is 14.5. The van der Waals surface area contributed by atoms with Gasteiger partial charge in [-0.3, -0.25) is 4.99 Å². The molecule has 0 spiro atoms. The van der Waals surface area contributed by atoms with Gasteiger partial charge in [0.15, 0.2) is 12.0 Å². The second-order valence-electron chi connectivity index (χ2n) is 3.98. The highest BCUT2D eigenvalue weighted by atomic mass is 16.5. The van der Waals surface area contributed by atoms with Gasteiger partial charge < -0.3 is 14.3 Å². The maximum Gasteiger partial charge on any atom is 0.343 e. The van der Waals surface area contributed by atoms with Crippen LogP contribution in [0.5, 0.6) is 0 Å². The van der Waals surface area contributed by atoms with E-state index in [1.807, 2.05) is 0 Å². The van der Waals surface area contributed by atoms with Crippen molar-refractivity contribution >= 4 is 29.0 Å². The molecule has 20 heavy (non-hydrogen) atoms. The van der Waals surface area contributed by atoms with Gasteiger partial charge in [0, 0.05) is 12.3 Å². The number of aromatic nitrogens is 1. The Bertz CT molecular complexity index is 681. The summed E-state index contributed by atoms with van der Waals surface area (Å²) in [6, 6.07) is 5.18. The number of oxazole rings is 1. The standard InChI is InChI=1S/C14H14N2O4/c1-3-19-14(18)11(9(2)17)7-15-10-4-5-12-13(6-10)20-8-16-12/h4-8,17H,3H2,1-2H3/b11-9+,15-7?. The summed E-state index contributed by atoms with van der Waals surface area (Å²) in [7, 11) is 0. The van der Waals surface area contributed by atoms with Crippen LogP contribution in [-0.2, 0) is 9.53 Å². The first-order valence-electron chi connectivity index (χ1n) is 6.06. The van der Waals surface area contributed by atoms with Crippen molar-refractivity contribution < 1.29 is 19.1 Å². The second-order valence-corrected chi connectivity index (χ2v) is 3.98. The van der Waals surface area contributed by atoms with Crippen LogP contribution in [0.2, 0.25) is 0 Å². The monoisotopic (exact) mass is 274 g/mol. The molecule has 0 saturated heterocycles. The van der Waals surface area contributed by atoms with E-state index in [0.29, 0.717) is 11.3 Å². The maximum atomic E-state index is 11.6. The van der Waals surface area contributed by atoms with Crippen LogP contribution in [0.4, 0.5) is 5.69 Å². The first-order valence-corrected chi connectivity index (χ1v) is 6.06. The van der Waals surface area contributed by atoms with Crippen molar-refractivity contribution in [1.82, 2.24) is 4.98 Å². The van der Waals surface area contributed by atoms with E-state index in [4.69, 9.17) is 9.15 Å². The van der Waals surface area contributed by atoms with Crippen LogP contribution in [-0.4, -0.2) is 28.9 Å². The molecule has 1 N–H and O–H groups in total. The number of benzene rings is 1. The molecule has 0 amide bonds. The predicted molar refractivity (Wildman–Crippen MR) is 74.1 cm³/mol. The summed E-state index contributed by atoms with van der Waals surface area (Å²) in [5, 5.41) is 9.48. The van der Waals surface area contributed by atoms with Crippen molar-refractivity contribution in [3.63, 3.8) is 0 Å². The molecule has 0 radical (unpaired) electrons. The highest BCUT2D eigenvalue weighted by Gasteiger charge is 2.11. The lowest BCUT2D eigenvalue weighted by atomic mass is 10.2. The number of ether oxygens (including phenoxy) is 1. The molecule has 0 fully saturated rings. The van der Waals surface area contributed by atoms with Crippen LogP contribution in [0.3, 0.4) is 0 Å². The molecule has 0 aliphatic carbocycles. The van der Waals surface area contributed by atoms with Gasteiger partial charge in [-0.15, -0.1) is 0 Å². The highest BCUT2D eigenvalue weighted by Crippen LogP contribution is 2.20. The Morgan fingerprint density at radius 2 is 2.35 bits per heavy atom. The molecule has 0 bridgehead atoms. The Balaban J connectivity index is 2.25. The van der Waals surface area contributed by atoms with E-state index in [-0.39, 0.29) is 17.9 Å². The number of allylic oxidation sites excluding steroid dienone is 1. The van der Waals surface area contributed by atoms with Gasteiger partial charge in [0.25, 0.3) is 0 Å². The van der Waals surface area contributed by atoms with Gasteiger partial charge in [0.05, 0.1) is 12.3 Å². The summed E-state index contributed by atoms with van der Waals surface area (Å²) in [4.78, 5) is 19.7. The molecule has 1 heterocycles. The Morgan fingerprint density at radius 1 is 1.55 bits per heavy atom. The lowest BCUT2D eigenvalue weighted by molar-refractivity contribution is -0.138. The molecule has 0 aliphatic rings. The van der Waals surface area contributed by atoms with E-state index < -0.39 is 5.97 Å². The lowest BCUT2D eigenvalue weighted by Crippen LogP contribution is -2.10. The van der Waals surface area contributed by atoms with Crippen LogP contribution < -0.4 is 0 Å². The molecule has 6 heteroatoms. The summed E-state index contributed by atoms with van der Waals surface area (Å²) in [6.45, 7) is 3.32. The topological polar surface area (TPSA) is 84.9 Å². The van der Waals surface area contributed by atoms with Gasteiger partial charge >= 0.3 is 5.97 Å². The van der Waals surface area contributed by atoms with E-state index in [1.165, 1.54) is 19.5 Å². The van der Waals surface area contributed by atoms with Crippen LogP contribution in [0.25, 0.3) is 11.1 Å². The number of nitrogens with zero attached hydrogens (tertiary/aromatic N) is 2. The molecule has 0 aliphatic heterocycles. The van der Waals surface area contributed by atoms with E-state index in [0.717, 1.165) is 5.52 Å². The maximum absolute atomic E-state index is 11.6.